The fourth-order valence-electron chi connectivity index (χ4n) is 4.03. The summed E-state index contributed by atoms with van der Waals surface area (Å²) in [6.45, 7) is 1.92. The first-order chi connectivity index (χ1) is 14.9. The molecule has 1 unspecified atom stereocenters. The Kier molecular flexibility index (Phi) is 7.42. The zero-order valence-electron chi connectivity index (χ0n) is 17.0. The molecule has 31 heavy (non-hydrogen) atoms. The molecule has 1 fully saturated rings. The van der Waals surface area contributed by atoms with Gasteiger partial charge in [0.05, 0.1) is 6.04 Å². The van der Waals surface area contributed by atoms with Crippen LogP contribution < -0.4 is 5.32 Å². The third-order valence-corrected chi connectivity index (χ3v) is 6.63. The van der Waals surface area contributed by atoms with Crippen molar-refractivity contribution in [3.63, 3.8) is 0 Å². The standard InChI is InChI=1S/C22H25N3O5S/c1-15(19(26)25-14-8-13-18(25)20(27)28)23-21(29)22(31-24-30,16-9-4-2-5-10-16)17-11-6-3-7-12-17/h2-7,9-12,15,18,21,23,29H,8,13-14H2,1H3,(H,27,28)/t15-,18-,21?/m0/s1. The molecule has 8 nitrogen and oxygen atoms in total. The fourth-order valence-corrected chi connectivity index (χ4v) is 4.80. The minimum absolute atomic E-state index is 0.352. The molecule has 9 heteroatoms. The lowest BCUT2D eigenvalue weighted by Crippen LogP contribution is -2.56. The molecule has 0 radical (unpaired) electrons. The minimum atomic E-state index is -1.37. The summed E-state index contributed by atoms with van der Waals surface area (Å²) < 4.78 is 1.73. The molecule has 1 heterocycles. The molecular formula is C22H25N3O5S. The Hall–Kier alpha value is -2.75. The van der Waals surface area contributed by atoms with Gasteiger partial charge in [-0.05, 0) is 30.9 Å². The third-order valence-electron chi connectivity index (χ3n) is 5.57. The molecule has 0 aliphatic carbocycles. The molecular weight excluding hydrogens is 418 g/mol. The van der Waals surface area contributed by atoms with Crippen molar-refractivity contribution >= 4 is 23.8 Å². The summed E-state index contributed by atoms with van der Waals surface area (Å²) in [5, 5.41) is 23.6. The van der Waals surface area contributed by atoms with Gasteiger partial charge in [-0.15, -0.1) is 4.91 Å². The summed E-state index contributed by atoms with van der Waals surface area (Å²) in [5.74, 6) is -1.45. The second-order valence-corrected chi connectivity index (χ2v) is 8.43. The van der Waals surface area contributed by atoms with Crippen LogP contribution in [0.1, 0.15) is 30.9 Å². The van der Waals surface area contributed by atoms with Gasteiger partial charge in [0.25, 0.3) is 0 Å². The number of benzene rings is 2. The molecule has 1 amide bonds. The zero-order valence-corrected chi connectivity index (χ0v) is 17.9. The van der Waals surface area contributed by atoms with Crippen molar-refractivity contribution in [1.82, 2.24) is 10.2 Å². The van der Waals surface area contributed by atoms with Crippen molar-refractivity contribution in [3.8, 4) is 0 Å². The average Bonchev–Trinajstić information content (AvgIpc) is 3.28. The fraction of sp³-hybridized carbons (Fsp3) is 0.364. The molecule has 0 saturated carbocycles. The van der Waals surface area contributed by atoms with Crippen LogP contribution in [-0.4, -0.2) is 51.8 Å². The van der Waals surface area contributed by atoms with Crippen molar-refractivity contribution in [2.24, 2.45) is 4.58 Å². The summed E-state index contributed by atoms with van der Waals surface area (Å²) in [6.07, 6.45) is -0.357. The summed E-state index contributed by atoms with van der Waals surface area (Å²) in [7, 11) is 0. The number of aliphatic hydroxyl groups excluding tert-OH is 1. The van der Waals surface area contributed by atoms with E-state index in [9.17, 15) is 24.7 Å². The minimum Gasteiger partial charge on any atom is -0.480 e. The van der Waals surface area contributed by atoms with Crippen LogP contribution in [-0.2, 0) is 14.3 Å². The number of carbonyl (C=O) groups is 2. The van der Waals surface area contributed by atoms with Gasteiger partial charge in [-0.3, -0.25) is 10.1 Å². The summed E-state index contributed by atoms with van der Waals surface area (Å²) >= 11 is 0.667. The van der Waals surface area contributed by atoms with E-state index >= 15 is 0 Å². The number of carboxylic acid groups (broad SMARTS) is 1. The van der Waals surface area contributed by atoms with E-state index < -0.39 is 34.9 Å². The number of likely N-dealkylation sites (tertiary alicyclic amines) is 1. The van der Waals surface area contributed by atoms with Crippen LogP contribution in [0.3, 0.4) is 0 Å². The number of nitrogens with one attached hydrogen (secondary N) is 1. The molecule has 0 bridgehead atoms. The highest BCUT2D eigenvalue weighted by atomic mass is 32.2. The van der Waals surface area contributed by atoms with Crippen LogP contribution in [0.25, 0.3) is 0 Å². The molecule has 164 valence electrons. The zero-order chi connectivity index (χ0) is 22.4. The van der Waals surface area contributed by atoms with Crippen molar-refractivity contribution < 1.29 is 19.8 Å². The van der Waals surface area contributed by atoms with E-state index in [1.165, 1.54) is 4.90 Å². The van der Waals surface area contributed by atoms with Crippen LogP contribution >= 0.6 is 11.9 Å². The maximum atomic E-state index is 13.0. The van der Waals surface area contributed by atoms with Crippen LogP contribution in [0.5, 0.6) is 0 Å². The SMILES string of the molecule is C[C@H](NC(O)C(SN=O)(c1ccccc1)c1ccccc1)C(=O)N1CCC[C@H]1C(=O)O. The van der Waals surface area contributed by atoms with Gasteiger partial charge >= 0.3 is 5.97 Å². The largest absolute Gasteiger partial charge is 0.480 e. The summed E-state index contributed by atoms with van der Waals surface area (Å²) in [5.41, 5.74) is 1.27. The third kappa shape index (κ3) is 4.63. The number of aliphatic hydroxyl groups is 1. The van der Waals surface area contributed by atoms with E-state index in [1.54, 1.807) is 55.5 Å². The Morgan fingerprint density at radius 2 is 1.68 bits per heavy atom. The average molecular weight is 444 g/mol. The van der Waals surface area contributed by atoms with E-state index in [1.807, 2.05) is 12.1 Å². The van der Waals surface area contributed by atoms with Crippen LogP contribution in [0.15, 0.2) is 65.2 Å². The van der Waals surface area contributed by atoms with E-state index in [-0.39, 0.29) is 0 Å². The van der Waals surface area contributed by atoms with Gasteiger partial charge in [-0.25, -0.2) is 4.79 Å². The van der Waals surface area contributed by atoms with E-state index in [0.29, 0.717) is 42.5 Å². The molecule has 3 rings (SSSR count). The Labute approximate surface area is 184 Å². The molecule has 1 saturated heterocycles. The van der Waals surface area contributed by atoms with Gasteiger partial charge in [0.1, 0.15) is 17.0 Å². The number of rotatable bonds is 9. The molecule has 0 aromatic heterocycles. The first-order valence-corrected chi connectivity index (χ1v) is 10.8. The summed E-state index contributed by atoms with van der Waals surface area (Å²) in [4.78, 5) is 37.2. The second-order valence-electron chi connectivity index (χ2n) is 7.45. The molecule has 1 aliphatic rings. The molecule has 2 aromatic rings. The summed E-state index contributed by atoms with van der Waals surface area (Å²) in [6, 6.07) is 16.2. The van der Waals surface area contributed by atoms with Gasteiger partial charge < -0.3 is 15.1 Å². The van der Waals surface area contributed by atoms with Crippen molar-refractivity contribution in [2.75, 3.05) is 6.54 Å². The number of carbonyl (C=O) groups excluding carboxylic acids is 1. The Balaban J connectivity index is 1.93. The predicted octanol–water partition coefficient (Wildman–Crippen LogP) is 2.72. The Bertz CT molecular complexity index is 872. The van der Waals surface area contributed by atoms with Gasteiger partial charge in [0.2, 0.25) is 5.91 Å². The number of hydrogen-bond donors (Lipinski definition) is 3. The monoisotopic (exact) mass is 443 g/mol. The number of nitroso groups, excluding NO2 is 1. The Morgan fingerprint density at radius 3 is 2.16 bits per heavy atom. The lowest BCUT2D eigenvalue weighted by molar-refractivity contribution is -0.149. The lowest BCUT2D eigenvalue weighted by Gasteiger charge is -2.38. The first-order valence-electron chi connectivity index (χ1n) is 10.0. The Morgan fingerprint density at radius 1 is 1.13 bits per heavy atom. The van der Waals surface area contributed by atoms with Gasteiger partial charge in [0, 0.05) is 23.1 Å². The van der Waals surface area contributed by atoms with Crippen LogP contribution in [0, 0.1) is 4.91 Å². The van der Waals surface area contributed by atoms with Crippen LogP contribution in [0.4, 0.5) is 0 Å². The van der Waals surface area contributed by atoms with E-state index in [0.717, 1.165) is 0 Å². The van der Waals surface area contributed by atoms with Crippen LogP contribution in [0.2, 0.25) is 0 Å². The maximum absolute atomic E-state index is 13.0. The molecule has 0 spiro atoms. The molecule has 3 atom stereocenters. The van der Waals surface area contributed by atoms with E-state index in [2.05, 4.69) is 9.90 Å². The van der Waals surface area contributed by atoms with Crippen molar-refractivity contribution in [2.45, 2.75) is 42.8 Å². The lowest BCUT2D eigenvalue weighted by atomic mass is 9.88. The van der Waals surface area contributed by atoms with Gasteiger partial charge in [-0.1, -0.05) is 60.7 Å². The topological polar surface area (TPSA) is 119 Å². The molecule has 3 N–H and O–H groups in total. The second kappa shape index (κ2) is 10.0. The highest BCUT2D eigenvalue weighted by Gasteiger charge is 2.45. The van der Waals surface area contributed by atoms with E-state index in [4.69, 9.17) is 0 Å². The number of hydrogen-bond acceptors (Lipinski definition) is 7. The van der Waals surface area contributed by atoms with Crippen molar-refractivity contribution in [3.05, 3.63) is 76.7 Å². The number of amides is 1. The highest BCUT2D eigenvalue weighted by molar-refractivity contribution is 7.99. The number of aliphatic carboxylic acids is 1. The van der Waals surface area contributed by atoms with Crippen molar-refractivity contribution in [1.29, 1.82) is 0 Å². The highest BCUT2D eigenvalue weighted by Crippen LogP contribution is 2.45. The number of carboxylic acids is 1. The van der Waals surface area contributed by atoms with Gasteiger partial charge in [-0.2, -0.15) is 0 Å². The van der Waals surface area contributed by atoms with Gasteiger partial charge in [0.15, 0.2) is 0 Å². The smallest absolute Gasteiger partial charge is 0.326 e. The predicted molar refractivity (Wildman–Crippen MR) is 118 cm³/mol. The maximum Gasteiger partial charge on any atom is 0.326 e. The normalized spacial score (nSPS) is 18.4. The molecule has 2 aromatic carbocycles. The first kappa shape index (κ1) is 22.9. The molecule has 1 aliphatic heterocycles. The quantitative estimate of drug-likeness (QED) is 0.310. The number of nitrogens with zero attached hydrogens (tertiary/aromatic N) is 2.